The van der Waals surface area contributed by atoms with E-state index in [9.17, 15) is 9.59 Å². The van der Waals surface area contributed by atoms with Crippen molar-refractivity contribution in [3.05, 3.63) is 17.7 Å². The fourth-order valence-electron chi connectivity index (χ4n) is 3.38. The highest BCUT2D eigenvalue weighted by molar-refractivity contribution is 5.94. The molecule has 1 aliphatic heterocycles. The SMILES string of the molecule is CCN(CC)C(=O)N1CCC(C(=O)Nc2cc(OC)c(OC)cc2C)CC1. The highest BCUT2D eigenvalue weighted by atomic mass is 16.5. The lowest BCUT2D eigenvalue weighted by Crippen LogP contribution is -2.47. The quantitative estimate of drug-likeness (QED) is 0.827. The average Bonchev–Trinajstić information content (AvgIpc) is 2.69. The second kappa shape index (κ2) is 9.48. The molecule has 1 N–H and O–H groups in total. The summed E-state index contributed by atoms with van der Waals surface area (Å²) >= 11 is 0. The number of piperidine rings is 1. The topological polar surface area (TPSA) is 71.1 Å². The van der Waals surface area contributed by atoms with Crippen molar-refractivity contribution in [1.29, 1.82) is 0 Å². The van der Waals surface area contributed by atoms with E-state index in [0.717, 1.165) is 11.3 Å². The Hall–Kier alpha value is -2.44. The van der Waals surface area contributed by atoms with E-state index < -0.39 is 0 Å². The molecule has 7 heteroatoms. The van der Waals surface area contributed by atoms with Crippen molar-refractivity contribution in [2.45, 2.75) is 33.6 Å². The third-order valence-electron chi connectivity index (χ3n) is 5.16. The van der Waals surface area contributed by atoms with Gasteiger partial charge >= 0.3 is 6.03 Å². The van der Waals surface area contributed by atoms with Gasteiger partial charge in [-0.1, -0.05) is 0 Å². The lowest BCUT2D eigenvalue weighted by molar-refractivity contribution is -0.121. The van der Waals surface area contributed by atoms with E-state index in [1.807, 2.05) is 36.6 Å². The van der Waals surface area contributed by atoms with Crippen molar-refractivity contribution in [3.8, 4) is 11.5 Å². The van der Waals surface area contributed by atoms with Crippen molar-refractivity contribution in [2.75, 3.05) is 45.7 Å². The maximum Gasteiger partial charge on any atom is 0.319 e. The van der Waals surface area contributed by atoms with Crippen LogP contribution in [0.2, 0.25) is 0 Å². The molecular weight excluding hydrogens is 346 g/mol. The summed E-state index contributed by atoms with van der Waals surface area (Å²) in [4.78, 5) is 28.8. The molecule has 0 unspecified atom stereocenters. The number of nitrogens with zero attached hydrogens (tertiary/aromatic N) is 2. The fraction of sp³-hybridized carbons (Fsp3) is 0.600. The Labute approximate surface area is 161 Å². The van der Waals surface area contributed by atoms with Gasteiger partial charge in [0.05, 0.1) is 14.2 Å². The van der Waals surface area contributed by atoms with Gasteiger partial charge in [0.25, 0.3) is 0 Å². The molecule has 3 amide bonds. The molecule has 0 radical (unpaired) electrons. The highest BCUT2D eigenvalue weighted by Gasteiger charge is 2.29. The van der Waals surface area contributed by atoms with Crippen LogP contribution in [0.3, 0.4) is 0 Å². The minimum atomic E-state index is -0.0988. The third-order valence-corrected chi connectivity index (χ3v) is 5.16. The second-order valence-corrected chi connectivity index (χ2v) is 6.73. The number of carbonyl (C=O) groups is 2. The molecular formula is C20H31N3O4. The van der Waals surface area contributed by atoms with E-state index in [1.165, 1.54) is 0 Å². The van der Waals surface area contributed by atoms with Gasteiger partial charge in [-0.2, -0.15) is 0 Å². The lowest BCUT2D eigenvalue weighted by Gasteiger charge is -2.34. The largest absolute Gasteiger partial charge is 0.493 e. The number of aryl methyl sites for hydroxylation is 1. The standard InChI is InChI=1S/C20H31N3O4/c1-6-22(7-2)20(25)23-10-8-15(9-11-23)19(24)21-16-13-18(27-5)17(26-4)12-14(16)3/h12-13,15H,6-11H2,1-5H3,(H,21,24). The summed E-state index contributed by atoms with van der Waals surface area (Å²) in [7, 11) is 3.16. The number of urea groups is 1. The van der Waals surface area contributed by atoms with Crippen LogP contribution in [-0.2, 0) is 4.79 Å². The van der Waals surface area contributed by atoms with Gasteiger partial charge in [-0.25, -0.2) is 4.79 Å². The summed E-state index contributed by atoms with van der Waals surface area (Å²) in [6.45, 7) is 8.50. The maximum atomic E-state index is 12.7. The summed E-state index contributed by atoms with van der Waals surface area (Å²) in [6.07, 6.45) is 1.34. The van der Waals surface area contributed by atoms with Gasteiger partial charge in [0.15, 0.2) is 11.5 Å². The molecule has 0 bridgehead atoms. The molecule has 7 nitrogen and oxygen atoms in total. The summed E-state index contributed by atoms with van der Waals surface area (Å²) in [5.41, 5.74) is 1.63. The number of nitrogens with one attached hydrogen (secondary N) is 1. The Kier molecular flexibility index (Phi) is 7.33. The monoisotopic (exact) mass is 377 g/mol. The Bertz CT molecular complexity index is 665. The van der Waals surface area contributed by atoms with Crippen LogP contribution in [0.4, 0.5) is 10.5 Å². The van der Waals surface area contributed by atoms with Gasteiger partial charge in [-0.05, 0) is 45.2 Å². The summed E-state index contributed by atoms with van der Waals surface area (Å²) in [5.74, 6) is 1.10. The number of anilines is 1. The fourth-order valence-corrected chi connectivity index (χ4v) is 3.38. The average molecular weight is 377 g/mol. The number of amides is 3. The summed E-state index contributed by atoms with van der Waals surface area (Å²) in [6, 6.07) is 3.69. The molecule has 2 rings (SSSR count). The van der Waals surface area contributed by atoms with Crippen LogP contribution in [0.25, 0.3) is 0 Å². The molecule has 1 saturated heterocycles. The second-order valence-electron chi connectivity index (χ2n) is 6.73. The van der Waals surface area contributed by atoms with Crippen LogP contribution in [0.1, 0.15) is 32.3 Å². The molecule has 1 heterocycles. The van der Waals surface area contributed by atoms with E-state index in [-0.39, 0.29) is 17.9 Å². The molecule has 0 atom stereocenters. The predicted octanol–water partition coefficient (Wildman–Crippen LogP) is 3.12. The maximum absolute atomic E-state index is 12.7. The van der Waals surface area contributed by atoms with Crippen LogP contribution in [0.15, 0.2) is 12.1 Å². The Morgan fingerprint density at radius 2 is 1.67 bits per heavy atom. The van der Waals surface area contributed by atoms with Crippen molar-refractivity contribution in [1.82, 2.24) is 9.80 Å². The highest BCUT2D eigenvalue weighted by Crippen LogP contribution is 2.33. The molecule has 1 aromatic carbocycles. The molecule has 150 valence electrons. The number of benzene rings is 1. The number of ether oxygens (including phenoxy) is 2. The molecule has 0 saturated carbocycles. The first-order valence-corrected chi connectivity index (χ1v) is 9.52. The van der Waals surface area contributed by atoms with Crippen LogP contribution in [0.5, 0.6) is 11.5 Å². The van der Waals surface area contributed by atoms with Crippen LogP contribution >= 0.6 is 0 Å². The van der Waals surface area contributed by atoms with Crippen LogP contribution in [0, 0.1) is 12.8 Å². The molecule has 1 aliphatic rings. The Morgan fingerprint density at radius 3 is 2.19 bits per heavy atom. The number of likely N-dealkylation sites (tertiary alicyclic amines) is 1. The van der Waals surface area contributed by atoms with Crippen molar-refractivity contribution in [2.24, 2.45) is 5.92 Å². The predicted molar refractivity (Wildman–Crippen MR) is 106 cm³/mol. The zero-order valence-electron chi connectivity index (χ0n) is 17.0. The smallest absolute Gasteiger partial charge is 0.319 e. The van der Waals surface area contributed by atoms with Gasteiger partial charge in [0, 0.05) is 43.9 Å². The molecule has 1 aromatic rings. The van der Waals surface area contributed by atoms with E-state index in [0.29, 0.717) is 50.5 Å². The minimum absolute atomic E-state index is 0.0136. The van der Waals surface area contributed by atoms with E-state index in [4.69, 9.17) is 9.47 Å². The molecule has 0 aromatic heterocycles. The Balaban J connectivity index is 1.98. The number of hydrogen-bond acceptors (Lipinski definition) is 4. The van der Waals surface area contributed by atoms with E-state index in [1.54, 1.807) is 20.3 Å². The van der Waals surface area contributed by atoms with Gasteiger partial charge in [0.1, 0.15) is 0 Å². The number of rotatable bonds is 6. The van der Waals surface area contributed by atoms with E-state index in [2.05, 4.69) is 5.32 Å². The van der Waals surface area contributed by atoms with Crippen molar-refractivity contribution in [3.63, 3.8) is 0 Å². The normalized spacial score (nSPS) is 14.6. The first kappa shape index (κ1) is 20.9. The van der Waals surface area contributed by atoms with Gasteiger partial charge in [-0.15, -0.1) is 0 Å². The van der Waals surface area contributed by atoms with Gasteiger partial charge in [-0.3, -0.25) is 4.79 Å². The van der Waals surface area contributed by atoms with Crippen molar-refractivity contribution < 1.29 is 19.1 Å². The summed E-state index contributed by atoms with van der Waals surface area (Å²) in [5, 5.41) is 3.01. The number of carbonyl (C=O) groups excluding carboxylic acids is 2. The molecule has 0 spiro atoms. The van der Waals surface area contributed by atoms with Crippen LogP contribution < -0.4 is 14.8 Å². The van der Waals surface area contributed by atoms with E-state index >= 15 is 0 Å². The zero-order valence-corrected chi connectivity index (χ0v) is 17.0. The van der Waals surface area contributed by atoms with Crippen LogP contribution in [-0.4, -0.2) is 62.1 Å². The number of hydrogen-bond donors (Lipinski definition) is 1. The lowest BCUT2D eigenvalue weighted by atomic mass is 9.95. The van der Waals surface area contributed by atoms with Gasteiger partial charge < -0.3 is 24.6 Å². The van der Waals surface area contributed by atoms with Gasteiger partial charge in [0.2, 0.25) is 5.91 Å². The van der Waals surface area contributed by atoms with Crippen molar-refractivity contribution >= 4 is 17.6 Å². The molecule has 1 fully saturated rings. The first-order chi connectivity index (χ1) is 12.9. The molecule has 27 heavy (non-hydrogen) atoms. The molecule has 0 aliphatic carbocycles. The minimum Gasteiger partial charge on any atom is -0.493 e. The first-order valence-electron chi connectivity index (χ1n) is 9.52. The Morgan fingerprint density at radius 1 is 1.11 bits per heavy atom. The summed E-state index contributed by atoms with van der Waals surface area (Å²) < 4.78 is 10.6. The number of methoxy groups -OCH3 is 2. The zero-order chi connectivity index (χ0) is 20.0. The third kappa shape index (κ3) is 4.84.